The van der Waals surface area contributed by atoms with Crippen LogP contribution in [-0.4, -0.2) is 61.6 Å². The molecular weight excluding hydrogens is 478 g/mol. The van der Waals surface area contributed by atoms with E-state index in [0.717, 1.165) is 29.9 Å². The molecular formula is C28H30ClN3O4. The second-order valence-electron chi connectivity index (χ2n) is 8.62. The lowest BCUT2D eigenvalue weighted by molar-refractivity contribution is 0.00592. The summed E-state index contributed by atoms with van der Waals surface area (Å²) in [5.74, 6) is -0.363. The Balaban J connectivity index is 1.35. The van der Waals surface area contributed by atoms with Crippen LogP contribution < -0.4 is 5.32 Å². The van der Waals surface area contributed by atoms with Gasteiger partial charge in [-0.1, -0.05) is 54.1 Å². The minimum atomic E-state index is -0.363. The molecule has 0 aromatic heterocycles. The van der Waals surface area contributed by atoms with Crippen LogP contribution in [0.1, 0.15) is 27.6 Å². The van der Waals surface area contributed by atoms with E-state index in [-0.39, 0.29) is 18.1 Å². The van der Waals surface area contributed by atoms with Crippen LogP contribution in [-0.2, 0) is 16.1 Å². The third-order valence-electron chi connectivity index (χ3n) is 6.18. The number of methoxy groups -OCH3 is 1. The van der Waals surface area contributed by atoms with Crippen molar-refractivity contribution in [2.45, 2.75) is 12.7 Å². The van der Waals surface area contributed by atoms with Gasteiger partial charge in [0, 0.05) is 43.4 Å². The number of amides is 2. The van der Waals surface area contributed by atoms with E-state index in [4.69, 9.17) is 21.1 Å². The second kappa shape index (κ2) is 12.5. The van der Waals surface area contributed by atoms with Crippen molar-refractivity contribution >= 4 is 29.3 Å². The number of carbonyl (C=O) groups is 2. The molecule has 0 bridgehead atoms. The van der Waals surface area contributed by atoms with Crippen LogP contribution in [0.2, 0.25) is 5.02 Å². The van der Waals surface area contributed by atoms with Gasteiger partial charge in [0.1, 0.15) is 0 Å². The van der Waals surface area contributed by atoms with Crippen LogP contribution in [0.15, 0.2) is 78.9 Å². The highest BCUT2D eigenvalue weighted by Crippen LogP contribution is 2.24. The average Bonchev–Trinajstić information content (AvgIpc) is 2.92. The SMILES string of the molecule is COC(=O)c1ccc(COC(CN2CCN(C(=O)Nc3ccccc3)CC2)c2ccc(Cl)cc2)cc1. The first-order valence-electron chi connectivity index (χ1n) is 11.9. The highest BCUT2D eigenvalue weighted by Gasteiger charge is 2.24. The number of esters is 1. The van der Waals surface area contributed by atoms with Crippen LogP contribution in [0.5, 0.6) is 0 Å². The Bertz CT molecular complexity index is 1130. The number of hydrogen-bond donors (Lipinski definition) is 1. The summed E-state index contributed by atoms with van der Waals surface area (Å²) in [4.78, 5) is 28.5. The molecule has 1 unspecified atom stereocenters. The van der Waals surface area contributed by atoms with E-state index in [2.05, 4.69) is 10.2 Å². The van der Waals surface area contributed by atoms with E-state index in [1.807, 2.05) is 71.6 Å². The van der Waals surface area contributed by atoms with Crippen molar-refractivity contribution in [3.63, 3.8) is 0 Å². The predicted molar refractivity (Wildman–Crippen MR) is 140 cm³/mol. The molecule has 0 aliphatic carbocycles. The fourth-order valence-corrected chi connectivity index (χ4v) is 4.20. The van der Waals surface area contributed by atoms with Crippen molar-refractivity contribution in [3.05, 3.63) is 101 Å². The number of halogens is 1. The number of nitrogens with one attached hydrogen (secondary N) is 1. The van der Waals surface area contributed by atoms with E-state index < -0.39 is 0 Å². The number of ether oxygens (including phenoxy) is 2. The first-order valence-corrected chi connectivity index (χ1v) is 12.3. The van der Waals surface area contributed by atoms with Crippen molar-refractivity contribution in [3.8, 4) is 0 Å². The zero-order valence-electron chi connectivity index (χ0n) is 20.2. The van der Waals surface area contributed by atoms with Gasteiger partial charge in [-0.3, -0.25) is 4.90 Å². The van der Waals surface area contributed by atoms with Crippen LogP contribution in [0.4, 0.5) is 10.5 Å². The van der Waals surface area contributed by atoms with E-state index in [1.165, 1.54) is 7.11 Å². The van der Waals surface area contributed by atoms with Gasteiger partial charge in [0.2, 0.25) is 0 Å². The first-order chi connectivity index (χ1) is 17.5. The summed E-state index contributed by atoms with van der Waals surface area (Å²) in [6, 6.07) is 24.3. The van der Waals surface area contributed by atoms with Crippen LogP contribution >= 0.6 is 11.6 Å². The number of anilines is 1. The van der Waals surface area contributed by atoms with Gasteiger partial charge in [-0.05, 0) is 47.5 Å². The average molecular weight is 508 g/mol. The van der Waals surface area contributed by atoms with E-state index in [0.29, 0.717) is 36.8 Å². The fourth-order valence-electron chi connectivity index (χ4n) is 4.08. The molecule has 188 valence electrons. The number of rotatable bonds is 8. The van der Waals surface area contributed by atoms with Crippen molar-refractivity contribution in [2.75, 3.05) is 45.2 Å². The highest BCUT2D eigenvalue weighted by atomic mass is 35.5. The third-order valence-corrected chi connectivity index (χ3v) is 6.43. The lowest BCUT2D eigenvalue weighted by atomic mass is 10.1. The molecule has 1 aliphatic rings. The first kappa shape index (κ1) is 25.7. The Hall–Kier alpha value is -3.39. The monoisotopic (exact) mass is 507 g/mol. The molecule has 3 aromatic rings. The maximum Gasteiger partial charge on any atom is 0.337 e. The largest absolute Gasteiger partial charge is 0.465 e. The number of para-hydroxylation sites is 1. The Morgan fingerprint density at radius 2 is 1.58 bits per heavy atom. The molecule has 2 amide bonds. The molecule has 3 aromatic carbocycles. The smallest absolute Gasteiger partial charge is 0.337 e. The van der Waals surface area contributed by atoms with Crippen molar-refractivity contribution in [1.82, 2.24) is 9.80 Å². The molecule has 1 atom stereocenters. The van der Waals surface area contributed by atoms with Crippen molar-refractivity contribution in [1.29, 1.82) is 0 Å². The minimum Gasteiger partial charge on any atom is -0.465 e. The number of urea groups is 1. The molecule has 1 N–H and O–H groups in total. The Kier molecular flexibility index (Phi) is 8.95. The molecule has 0 spiro atoms. The number of piperazine rings is 1. The summed E-state index contributed by atoms with van der Waals surface area (Å²) in [6.45, 7) is 3.87. The van der Waals surface area contributed by atoms with Crippen LogP contribution in [0, 0.1) is 0 Å². The van der Waals surface area contributed by atoms with Crippen LogP contribution in [0.25, 0.3) is 0 Å². The molecule has 1 fully saturated rings. The molecule has 4 rings (SSSR count). The van der Waals surface area contributed by atoms with Gasteiger partial charge in [-0.15, -0.1) is 0 Å². The number of hydrogen-bond acceptors (Lipinski definition) is 5. The lowest BCUT2D eigenvalue weighted by Gasteiger charge is -2.36. The second-order valence-corrected chi connectivity index (χ2v) is 9.06. The van der Waals surface area contributed by atoms with Gasteiger partial charge in [-0.2, -0.15) is 0 Å². The maximum atomic E-state index is 12.6. The van der Waals surface area contributed by atoms with E-state index >= 15 is 0 Å². The molecule has 1 saturated heterocycles. The molecule has 0 saturated carbocycles. The lowest BCUT2D eigenvalue weighted by Crippen LogP contribution is -2.50. The highest BCUT2D eigenvalue weighted by molar-refractivity contribution is 6.30. The maximum absolute atomic E-state index is 12.6. The summed E-state index contributed by atoms with van der Waals surface area (Å²) in [7, 11) is 1.37. The zero-order chi connectivity index (χ0) is 25.3. The number of carbonyl (C=O) groups excluding carboxylic acids is 2. The number of nitrogens with zero attached hydrogens (tertiary/aromatic N) is 2. The molecule has 1 aliphatic heterocycles. The van der Waals surface area contributed by atoms with Crippen LogP contribution in [0.3, 0.4) is 0 Å². The molecule has 7 nitrogen and oxygen atoms in total. The Morgan fingerprint density at radius 1 is 0.917 bits per heavy atom. The summed E-state index contributed by atoms with van der Waals surface area (Å²) in [5.41, 5.74) is 3.30. The van der Waals surface area contributed by atoms with Gasteiger partial charge in [0.15, 0.2) is 0 Å². The van der Waals surface area contributed by atoms with Gasteiger partial charge in [0.05, 0.1) is 25.4 Å². The van der Waals surface area contributed by atoms with Crippen molar-refractivity contribution in [2.24, 2.45) is 0 Å². The minimum absolute atomic E-state index is 0.0817. The molecule has 8 heteroatoms. The number of benzene rings is 3. The van der Waals surface area contributed by atoms with Gasteiger partial charge in [0.25, 0.3) is 0 Å². The van der Waals surface area contributed by atoms with E-state index in [1.54, 1.807) is 12.1 Å². The standard InChI is InChI=1S/C28H30ClN3O4/c1-35-27(33)23-9-7-21(8-10-23)20-36-26(22-11-13-24(29)14-12-22)19-31-15-17-32(18-16-31)28(34)30-25-5-3-2-4-6-25/h2-14,26H,15-20H2,1H3,(H,30,34). The molecule has 1 heterocycles. The molecule has 0 radical (unpaired) electrons. The zero-order valence-corrected chi connectivity index (χ0v) is 21.0. The molecule has 36 heavy (non-hydrogen) atoms. The summed E-state index contributed by atoms with van der Waals surface area (Å²) in [5, 5.41) is 3.63. The van der Waals surface area contributed by atoms with Gasteiger partial charge in [-0.25, -0.2) is 9.59 Å². The summed E-state index contributed by atoms with van der Waals surface area (Å²) >= 11 is 6.10. The Morgan fingerprint density at radius 3 is 2.22 bits per heavy atom. The summed E-state index contributed by atoms with van der Waals surface area (Å²) < 4.78 is 11.1. The quantitative estimate of drug-likeness (QED) is 0.422. The predicted octanol–water partition coefficient (Wildman–Crippen LogP) is 5.23. The van der Waals surface area contributed by atoms with Crippen molar-refractivity contribution < 1.29 is 19.1 Å². The summed E-state index contributed by atoms with van der Waals surface area (Å²) in [6.07, 6.45) is -0.174. The fraction of sp³-hybridized carbons (Fsp3) is 0.286. The normalized spacial score (nSPS) is 14.8. The Labute approximate surface area is 216 Å². The topological polar surface area (TPSA) is 71.1 Å². The van der Waals surface area contributed by atoms with E-state index in [9.17, 15) is 9.59 Å². The van der Waals surface area contributed by atoms with Gasteiger partial charge >= 0.3 is 12.0 Å². The third kappa shape index (κ3) is 7.07. The van der Waals surface area contributed by atoms with Gasteiger partial charge < -0.3 is 19.7 Å².